The van der Waals surface area contributed by atoms with Crippen LogP contribution in [0.3, 0.4) is 0 Å². The van der Waals surface area contributed by atoms with Gasteiger partial charge in [0.2, 0.25) is 10.0 Å². The molecular weight excluding hydrogens is 490 g/mol. The Bertz CT molecular complexity index is 1370. The highest BCUT2D eigenvalue weighted by molar-refractivity contribution is 7.89. The maximum absolute atomic E-state index is 13.7. The van der Waals surface area contributed by atoms with Crippen LogP contribution in [0.4, 0.5) is 11.4 Å². The van der Waals surface area contributed by atoms with Crippen molar-refractivity contribution >= 4 is 38.9 Å². The first-order valence-electron chi connectivity index (χ1n) is 11.1. The van der Waals surface area contributed by atoms with Gasteiger partial charge in [-0.3, -0.25) is 4.79 Å². The highest BCUT2D eigenvalue weighted by Gasteiger charge is 2.51. The maximum Gasteiger partial charge on any atom is 0.268 e. The van der Waals surface area contributed by atoms with Crippen LogP contribution in [0.2, 0.25) is 5.02 Å². The van der Waals surface area contributed by atoms with E-state index in [-0.39, 0.29) is 17.0 Å². The number of carbonyl (C=O) groups is 1. The van der Waals surface area contributed by atoms with Crippen LogP contribution in [0.15, 0.2) is 71.6 Å². The molecule has 1 saturated heterocycles. The smallest absolute Gasteiger partial charge is 0.268 e. The van der Waals surface area contributed by atoms with Crippen molar-refractivity contribution in [3.8, 4) is 0 Å². The van der Waals surface area contributed by atoms with Crippen LogP contribution in [0.25, 0.3) is 0 Å². The number of hydrogen-bond donors (Lipinski definition) is 2. The molecule has 3 N–H and O–H groups in total. The summed E-state index contributed by atoms with van der Waals surface area (Å²) in [5.74, 6) is -0.546. The van der Waals surface area contributed by atoms with Gasteiger partial charge in [-0.05, 0) is 53.6 Å². The number of nitrogens with zero attached hydrogens (tertiary/aromatic N) is 2. The van der Waals surface area contributed by atoms with Crippen LogP contribution in [-0.2, 0) is 31.7 Å². The Morgan fingerprint density at radius 1 is 1.00 bits per heavy atom. The number of aliphatic hydroxyl groups is 1. The zero-order chi connectivity index (χ0) is 24.8. The highest BCUT2D eigenvalue weighted by Crippen LogP contribution is 2.46. The molecule has 1 fully saturated rings. The van der Waals surface area contributed by atoms with E-state index >= 15 is 0 Å². The van der Waals surface area contributed by atoms with E-state index in [1.807, 2.05) is 24.3 Å². The standard InChI is InChI=1S/C25H24ClN3O5S/c26-19-5-10-23-22(15-19)25(31,18-3-8-21(9-4-18)35(27,32)33)24(30)29(23)16-17-1-6-20(7-2-17)28-11-13-34-14-12-28/h1-10,15,31H,11-14,16H2,(H2,27,32,33). The predicted octanol–water partition coefficient (Wildman–Crippen LogP) is 2.61. The largest absolute Gasteiger partial charge is 0.378 e. The average molecular weight is 514 g/mol. The fraction of sp³-hybridized carbons (Fsp3) is 0.240. The lowest BCUT2D eigenvalue weighted by Crippen LogP contribution is -2.41. The molecule has 2 heterocycles. The van der Waals surface area contributed by atoms with Crippen LogP contribution >= 0.6 is 11.6 Å². The number of primary sulfonamides is 1. The molecule has 1 atom stereocenters. The molecule has 0 aliphatic carbocycles. The third kappa shape index (κ3) is 4.30. The van der Waals surface area contributed by atoms with E-state index in [0.717, 1.165) is 24.3 Å². The van der Waals surface area contributed by atoms with Gasteiger partial charge in [-0.2, -0.15) is 0 Å². The second-order valence-electron chi connectivity index (χ2n) is 8.60. The summed E-state index contributed by atoms with van der Waals surface area (Å²) in [5.41, 5.74) is 1.06. The average Bonchev–Trinajstić information content (AvgIpc) is 3.07. The molecule has 3 aromatic rings. The van der Waals surface area contributed by atoms with Crippen molar-refractivity contribution in [3.63, 3.8) is 0 Å². The van der Waals surface area contributed by atoms with Crippen LogP contribution in [0, 0.1) is 0 Å². The predicted molar refractivity (Wildman–Crippen MR) is 133 cm³/mol. The molecule has 0 aromatic heterocycles. The number of benzene rings is 3. The van der Waals surface area contributed by atoms with Gasteiger partial charge in [-0.15, -0.1) is 0 Å². The Kier molecular flexibility index (Phi) is 6.06. The summed E-state index contributed by atoms with van der Waals surface area (Å²) in [7, 11) is -3.92. The minimum absolute atomic E-state index is 0.112. The molecule has 10 heteroatoms. The lowest BCUT2D eigenvalue weighted by molar-refractivity contribution is -0.132. The molecule has 2 aliphatic heterocycles. The summed E-state index contributed by atoms with van der Waals surface area (Å²) in [6, 6.07) is 18.2. The van der Waals surface area contributed by atoms with Crippen molar-refractivity contribution in [1.82, 2.24) is 0 Å². The summed E-state index contributed by atoms with van der Waals surface area (Å²) < 4.78 is 28.7. The highest BCUT2D eigenvalue weighted by atomic mass is 35.5. The number of carbonyl (C=O) groups excluding carboxylic acids is 1. The minimum atomic E-state index is -3.92. The van der Waals surface area contributed by atoms with Gasteiger partial charge in [-0.1, -0.05) is 35.9 Å². The quantitative estimate of drug-likeness (QED) is 0.542. The summed E-state index contributed by atoms with van der Waals surface area (Å²) in [4.78, 5) is 17.3. The monoisotopic (exact) mass is 513 g/mol. The van der Waals surface area contributed by atoms with E-state index < -0.39 is 21.5 Å². The number of fused-ring (bicyclic) bond motifs is 1. The van der Waals surface area contributed by atoms with Gasteiger partial charge >= 0.3 is 0 Å². The molecule has 0 radical (unpaired) electrons. The Balaban J connectivity index is 1.48. The van der Waals surface area contributed by atoms with Crippen LogP contribution in [0.1, 0.15) is 16.7 Å². The number of sulfonamides is 1. The molecule has 0 bridgehead atoms. The SMILES string of the molecule is NS(=O)(=O)c1ccc(C2(O)C(=O)N(Cc3ccc(N4CCOCC4)cc3)c3ccc(Cl)cc32)cc1. The van der Waals surface area contributed by atoms with Gasteiger partial charge in [0.25, 0.3) is 5.91 Å². The lowest BCUT2D eigenvalue weighted by Gasteiger charge is -2.29. The van der Waals surface area contributed by atoms with E-state index in [9.17, 15) is 18.3 Å². The van der Waals surface area contributed by atoms with Gasteiger partial charge < -0.3 is 19.6 Å². The maximum atomic E-state index is 13.7. The Hall–Kier alpha value is -2.95. The van der Waals surface area contributed by atoms with Crippen molar-refractivity contribution in [3.05, 3.63) is 88.4 Å². The first kappa shape index (κ1) is 23.8. The molecule has 0 spiro atoms. The number of rotatable bonds is 5. The second kappa shape index (κ2) is 8.92. The Morgan fingerprint density at radius 2 is 1.66 bits per heavy atom. The molecular formula is C25H24ClN3O5S. The molecule has 5 rings (SSSR count). The molecule has 8 nitrogen and oxygen atoms in total. The summed E-state index contributed by atoms with van der Waals surface area (Å²) >= 11 is 6.22. The molecule has 182 valence electrons. The number of nitrogens with two attached hydrogens (primary N) is 1. The lowest BCUT2D eigenvalue weighted by atomic mass is 9.87. The number of morpholine rings is 1. The Morgan fingerprint density at radius 3 is 2.29 bits per heavy atom. The second-order valence-corrected chi connectivity index (χ2v) is 10.6. The first-order chi connectivity index (χ1) is 16.7. The summed E-state index contributed by atoms with van der Waals surface area (Å²) in [5, 5.41) is 17.3. The first-order valence-corrected chi connectivity index (χ1v) is 13.0. The molecule has 35 heavy (non-hydrogen) atoms. The van der Waals surface area contributed by atoms with Crippen molar-refractivity contribution in [2.24, 2.45) is 5.14 Å². The third-order valence-electron chi connectivity index (χ3n) is 6.45. The third-order valence-corrected chi connectivity index (χ3v) is 7.61. The van der Waals surface area contributed by atoms with Gasteiger partial charge in [0.05, 0.1) is 30.3 Å². The minimum Gasteiger partial charge on any atom is -0.378 e. The zero-order valence-electron chi connectivity index (χ0n) is 18.7. The number of ether oxygens (including phenoxy) is 1. The Labute approximate surface area is 208 Å². The van der Waals surface area contributed by atoms with Gasteiger partial charge in [0.15, 0.2) is 5.60 Å². The fourth-order valence-corrected chi connectivity index (χ4v) is 5.28. The van der Waals surface area contributed by atoms with E-state index in [1.165, 1.54) is 29.2 Å². The van der Waals surface area contributed by atoms with Crippen molar-refractivity contribution in [2.45, 2.75) is 17.0 Å². The summed E-state index contributed by atoms with van der Waals surface area (Å²) in [6.07, 6.45) is 0. The van der Waals surface area contributed by atoms with E-state index in [0.29, 0.717) is 29.5 Å². The molecule has 3 aromatic carbocycles. The van der Waals surface area contributed by atoms with Gasteiger partial charge in [0.1, 0.15) is 0 Å². The molecule has 1 amide bonds. The number of amides is 1. The van der Waals surface area contributed by atoms with Crippen molar-refractivity contribution < 1.29 is 23.1 Å². The molecule has 1 unspecified atom stereocenters. The van der Waals surface area contributed by atoms with Gasteiger partial charge in [0, 0.05) is 29.4 Å². The number of hydrogen-bond acceptors (Lipinski definition) is 6. The van der Waals surface area contributed by atoms with Crippen molar-refractivity contribution in [1.29, 1.82) is 0 Å². The normalized spacial score (nSPS) is 20.3. The topological polar surface area (TPSA) is 113 Å². The summed E-state index contributed by atoms with van der Waals surface area (Å²) in [6.45, 7) is 3.29. The van der Waals surface area contributed by atoms with Crippen LogP contribution in [0.5, 0.6) is 0 Å². The zero-order valence-corrected chi connectivity index (χ0v) is 20.3. The van der Waals surface area contributed by atoms with Crippen LogP contribution in [-0.4, -0.2) is 45.7 Å². The van der Waals surface area contributed by atoms with Crippen molar-refractivity contribution in [2.75, 3.05) is 36.1 Å². The molecule has 2 aliphatic rings. The van der Waals surface area contributed by atoms with E-state index in [4.69, 9.17) is 21.5 Å². The fourth-order valence-electron chi connectivity index (χ4n) is 4.59. The van der Waals surface area contributed by atoms with Crippen LogP contribution < -0.4 is 14.9 Å². The number of anilines is 2. The molecule has 0 saturated carbocycles. The van der Waals surface area contributed by atoms with E-state index in [1.54, 1.807) is 18.2 Å². The number of halogens is 1. The van der Waals surface area contributed by atoms with E-state index in [2.05, 4.69) is 4.90 Å². The van der Waals surface area contributed by atoms with Gasteiger partial charge in [-0.25, -0.2) is 13.6 Å².